The van der Waals surface area contributed by atoms with Gasteiger partial charge in [0.2, 0.25) is 0 Å². The molecule has 0 bridgehead atoms. The molecular weight excluding hydrogens is 315 g/mol. The number of fused-ring (bicyclic) bond motifs is 2. The molecule has 1 heterocycles. The number of benzene rings is 2. The molecule has 1 fully saturated rings. The molecule has 25 heavy (non-hydrogen) atoms. The maximum Gasteiger partial charge on any atom is 0.123 e. The van der Waals surface area contributed by atoms with E-state index in [1.54, 1.807) is 0 Å². The average Bonchev–Trinajstić information content (AvgIpc) is 2.87. The number of aliphatic hydroxyl groups is 1. The molecule has 1 aliphatic carbocycles. The van der Waals surface area contributed by atoms with Gasteiger partial charge in [-0.1, -0.05) is 36.4 Å². The van der Waals surface area contributed by atoms with Crippen molar-refractivity contribution in [1.29, 1.82) is 0 Å². The second kappa shape index (κ2) is 6.52. The number of nitrogens with one attached hydrogen (secondary N) is 1. The predicted molar refractivity (Wildman–Crippen MR) is 96.8 cm³/mol. The monoisotopic (exact) mass is 340 g/mol. The van der Waals surface area contributed by atoms with Gasteiger partial charge in [0, 0.05) is 12.0 Å². The van der Waals surface area contributed by atoms with Crippen LogP contribution in [0.2, 0.25) is 0 Å². The molecular formula is C21H25FN2O. The van der Waals surface area contributed by atoms with Gasteiger partial charge in [0.05, 0.1) is 12.1 Å². The summed E-state index contributed by atoms with van der Waals surface area (Å²) in [5.74, 6) is -0.216. The zero-order valence-corrected chi connectivity index (χ0v) is 14.6. The second-order valence-electron chi connectivity index (χ2n) is 7.42. The summed E-state index contributed by atoms with van der Waals surface area (Å²) in [7, 11) is 2.05. The topological polar surface area (TPSA) is 35.5 Å². The summed E-state index contributed by atoms with van der Waals surface area (Å²) in [6.45, 7) is 2.57. The molecule has 0 unspecified atom stereocenters. The van der Waals surface area contributed by atoms with Crippen molar-refractivity contribution in [2.75, 3.05) is 20.1 Å². The van der Waals surface area contributed by atoms with Crippen molar-refractivity contribution in [3.8, 4) is 0 Å². The Kier molecular flexibility index (Phi) is 4.36. The van der Waals surface area contributed by atoms with Crippen molar-refractivity contribution >= 4 is 0 Å². The van der Waals surface area contributed by atoms with Gasteiger partial charge in [-0.15, -0.1) is 0 Å². The number of aliphatic hydroxyl groups excluding tert-OH is 1. The number of piperidine rings is 1. The van der Waals surface area contributed by atoms with E-state index in [-0.39, 0.29) is 17.3 Å². The lowest BCUT2D eigenvalue weighted by atomic mass is 9.72. The SMILES string of the molecule is CN(Cc1ccc(F)cc1)[C@@H]1c2ccccc2C2(CCNCC2)[C@H]1O. The van der Waals surface area contributed by atoms with E-state index in [9.17, 15) is 9.50 Å². The lowest BCUT2D eigenvalue weighted by Gasteiger charge is -2.40. The Balaban J connectivity index is 1.66. The van der Waals surface area contributed by atoms with Gasteiger partial charge >= 0.3 is 0 Å². The van der Waals surface area contributed by atoms with Crippen LogP contribution in [0.15, 0.2) is 48.5 Å². The summed E-state index contributed by atoms with van der Waals surface area (Å²) in [5, 5.41) is 14.8. The Hall–Kier alpha value is -1.75. The molecule has 4 heteroatoms. The fourth-order valence-corrected chi connectivity index (χ4v) is 4.73. The van der Waals surface area contributed by atoms with E-state index in [0.717, 1.165) is 31.5 Å². The van der Waals surface area contributed by atoms with Crippen molar-refractivity contribution in [3.05, 3.63) is 71.0 Å². The number of rotatable bonds is 3. The smallest absolute Gasteiger partial charge is 0.123 e. The van der Waals surface area contributed by atoms with Crippen LogP contribution in [0.3, 0.4) is 0 Å². The minimum Gasteiger partial charge on any atom is -0.390 e. The summed E-state index contributed by atoms with van der Waals surface area (Å²) in [6, 6.07) is 15.1. The van der Waals surface area contributed by atoms with Gasteiger partial charge in [0.25, 0.3) is 0 Å². The molecule has 0 aromatic heterocycles. The standard InChI is InChI=1S/C21H25FN2O/c1-24(14-15-6-8-16(22)9-7-15)19-17-4-2-3-5-18(17)21(20(19)25)10-12-23-13-11-21/h2-9,19-20,23,25H,10-14H2,1H3/t19-,20+/m1/s1. The van der Waals surface area contributed by atoms with Crippen LogP contribution in [0.4, 0.5) is 4.39 Å². The quantitative estimate of drug-likeness (QED) is 0.902. The van der Waals surface area contributed by atoms with Crippen molar-refractivity contribution in [2.24, 2.45) is 0 Å². The molecule has 2 aromatic rings. The minimum atomic E-state index is -0.419. The summed E-state index contributed by atoms with van der Waals surface area (Å²) in [4.78, 5) is 2.20. The number of hydrogen-bond acceptors (Lipinski definition) is 3. The summed E-state index contributed by atoms with van der Waals surface area (Å²) >= 11 is 0. The van der Waals surface area contributed by atoms with Gasteiger partial charge in [-0.25, -0.2) is 4.39 Å². The highest BCUT2D eigenvalue weighted by atomic mass is 19.1. The molecule has 2 aliphatic rings. The molecule has 2 aromatic carbocycles. The maximum atomic E-state index is 13.2. The highest BCUT2D eigenvalue weighted by molar-refractivity contribution is 5.45. The van der Waals surface area contributed by atoms with Gasteiger partial charge in [-0.3, -0.25) is 4.90 Å². The lowest BCUT2D eigenvalue weighted by molar-refractivity contribution is 0.00419. The molecule has 2 atom stereocenters. The number of halogens is 1. The van der Waals surface area contributed by atoms with Crippen LogP contribution in [0.25, 0.3) is 0 Å². The van der Waals surface area contributed by atoms with E-state index in [2.05, 4.69) is 34.5 Å². The molecule has 0 amide bonds. The predicted octanol–water partition coefficient (Wildman–Crippen LogP) is 2.99. The Bertz CT molecular complexity index is 740. The first-order valence-corrected chi connectivity index (χ1v) is 9.05. The van der Waals surface area contributed by atoms with Crippen LogP contribution in [0.1, 0.15) is 35.6 Å². The van der Waals surface area contributed by atoms with Gasteiger partial charge in [0.15, 0.2) is 0 Å². The van der Waals surface area contributed by atoms with Crippen LogP contribution in [-0.2, 0) is 12.0 Å². The van der Waals surface area contributed by atoms with Crippen LogP contribution in [0, 0.1) is 5.82 Å². The molecule has 0 saturated carbocycles. The molecule has 1 spiro atoms. The van der Waals surface area contributed by atoms with Crippen molar-refractivity contribution in [3.63, 3.8) is 0 Å². The molecule has 0 radical (unpaired) electrons. The number of hydrogen-bond donors (Lipinski definition) is 2. The van der Waals surface area contributed by atoms with E-state index < -0.39 is 6.10 Å². The van der Waals surface area contributed by atoms with Gasteiger partial charge in [0.1, 0.15) is 5.82 Å². The highest BCUT2D eigenvalue weighted by Crippen LogP contribution is 2.51. The van der Waals surface area contributed by atoms with Crippen LogP contribution in [-0.4, -0.2) is 36.2 Å². The normalized spacial score (nSPS) is 24.6. The molecule has 3 nitrogen and oxygen atoms in total. The maximum absolute atomic E-state index is 13.2. The Morgan fingerprint density at radius 1 is 1.12 bits per heavy atom. The lowest BCUT2D eigenvalue weighted by Crippen LogP contribution is -2.48. The summed E-state index contributed by atoms with van der Waals surface area (Å²) in [5.41, 5.74) is 3.45. The van der Waals surface area contributed by atoms with Gasteiger partial charge < -0.3 is 10.4 Å². The van der Waals surface area contributed by atoms with Crippen molar-refractivity contribution < 1.29 is 9.50 Å². The zero-order valence-electron chi connectivity index (χ0n) is 14.6. The van der Waals surface area contributed by atoms with E-state index in [1.165, 1.54) is 23.3 Å². The largest absolute Gasteiger partial charge is 0.390 e. The second-order valence-corrected chi connectivity index (χ2v) is 7.42. The van der Waals surface area contributed by atoms with Gasteiger partial charge in [-0.2, -0.15) is 0 Å². The third-order valence-corrected chi connectivity index (χ3v) is 6.00. The van der Waals surface area contributed by atoms with E-state index in [4.69, 9.17) is 0 Å². The average molecular weight is 340 g/mol. The van der Waals surface area contributed by atoms with Crippen LogP contribution in [0.5, 0.6) is 0 Å². The van der Waals surface area contributed by atoms with Crippen molar-refractivity contribution in [2.45, 2.75) is 36.9 Å². The van der Waals surface area contributed by atoms with Crippen LogP contribution < -0.4 is 5.32 Å². The molecule has 1 aliphatic heterocycles. The molecule has 2 N–H and O–H groups in total. The zero-order chi connectivity index (χ0) is 17.4. The summed E-state index contributed by atoms with van der Waals surface area (Å²) in [6.07, 6.45) is 1.51. The molecule has 1 saturated heterocycles. The Morgan fingerprint density at radius 2 is 1.80 bits per heavy atom. The van der Waals surface area contributed by atoms with E-state index in [0.29, 0.717) is 6.54 Å². The van der Waals surface area contributed by atoms with Crippen molar-refractivity contribution in [1.82, 2.24) is 10.2 Å². The Labute approximate surface area is 148 Å². The first-order valence-electron chi connectivity index (χ1n) is 9.05. The van der Waals surface area contributed by atoms with E-state index >= 15 is 0 Å². The molecule has 4 rings (SSSR count). The van der Waals surface area contributed by atoms with Crippen LogP contribution >= 0.6 is 0 Å². The summed E-state index contributed by atoms with van der Waals surface area (Å²) < 4.78 is 13.2. The third-order valence-electron chi connectivity index (χ3n) is 6.00. The number of nitrogens with zero attached hydrogens (tertiary/aromatic N) is 1. The first kappa shape index (κ1) is 16.7. The van der Waals surface area contributed by atoms with E-state index in [1.807, 2.05) is 19.2 Å². The first-order chi connectivity index (χ1) is 12.1. The van der Waals surface area contributed by atoms with Gasteiger partial charge in [-0.05, 0) is 61.8 Å². The Morgan fingerprint density at radius 3 is 2.52 bits per heavy atom. The fourth-order valence-electron chi connectivity index (χ4n) is 4.73. The minimum absolute atomic E-state index is 0.0284. The highest BCUT2D eigenvalue weighted by Gasteiger charge is 2.52. The fraction of sp³-hybridized carbons (Fsp3) is 0.429. The molecule has 132 valence electrons. The third kappa shape index (κ3) is 2.78. The number of likely N-dealkylation sites (N-methyl/N-ethyl adjacent to an activating group) is 1.